The van der Waals surface area contributed by atoms with Crippen LogP contribution in [0.3, 0.4) is 0 Å². The molecule has 1 aliphatic rings. The van der Waals surface area contributed by atoms with Crippen molar-refractivity contribution in [3.8, 4) is 11.5 Å². The van der Waals surface area contributed by atoms with Crippen molar-refractivity contribution in [1.82, 2.24) is 4.98 Å². The number of anilines is 1. The molecule has 186 valence electrons. The van der Waals surface area contributed by atoms with Gasteiger partial charge in [-0.3, -0.25) is 9.69 Å². The lowest BCUT2D eigenvalue weighted by molar-refractivity contribution is 0.0577. The van der Waals surface area contributed by atoms with Crippen molar-refractivity contribution in [3.05, 3.63) is 46.4 Å². The molecule has 1 fully saturated rings. The van der Waals surface area contributed by atoms with Crippen LogP contribution in [0, 0.1) is 11.6 Å². The van der Waals surface area contributed by atoms with Crippen LogP contribution in [0.25, 0.3) is 11.0 Å². The maximum Gasteiger partial charge on any atom is 0.415 e. The monoisotopic (exact) mass is 508 g/mol. The number of methoxy groups -OCH3 is 2. The fourth-order valence-electron chi connectivity index (χ4n) is 3.62. The predicted octanol–water partition coefficient (Wildman–Crippen LogP) is 5.91. The Morgan fingerprint density at radius 3 is 2.23 bits per heavy atom. The molecule has 35 heavy (non-hydrogen) atoms. The molecule has 1 amide bonds. The molecule has 0 aliphatic heterocycles. The van der Waals surface area contributed by atoms with Gasteiger partial charge in [0.1, 0.15) is 22.0 Å². The van der Waals surface area contributed by atoms with Gasteiger partial charge in [-0.1, -0.05) is 11.6 Å². The lowest BCUT2D eigenvalue weighted by atomic mass is 10.0. The highest BCUT2D eigenvalue weighted by atomic mass is 35.5. The Morgan fingerprint density at radius 2 is 1.71 bits per heavy atom. The molecule has 3 aromatic rings. The molecule has 0 bridgehead atoms. The van der Waals surface area contributed by atoms with E-state index in [1.165, 1.54) is 31.4 Å². The van der Waals surface area contributed by atoms with E-state index in [1.54, 1.807) is 20.8 Å². The van der Waals surface area contributed by atoms with E-state index < -0.39 is 51.9 Å². The summed E-state index contributed by atoms with van der Waals surface area (Å²) in [5.74, 6) is -4.92. The van der Waals surface area contributed by atoms with Gasteiger partial charge < -0.3 is 18.6 Å². The van der Waals surface area contributed by atoms with Crippen molar-refractivity contribution in [1.29, 1.82) is 0 Å². The van der Waals surface area contributed by atoms with Gasteiger partial charge in [0.2, 0.25) is 5.78 Å². The maximum atomic E-state index is 15.2. The van der Waals surface area contributed by atoms with E-state index in [4.69, 9.17) is 30.2 Å². The molecule has 0 saturated heterocycles. The number of amides is 1. The zero-order chi connectivity index (χ0) is 25.7. The number of carbonyl (C=O) groups is 2. The lowest BCUT2D eigenvalue weighted by Crippen LogP contribution is -2.39. The first-order valence-electron chi connectivity index (χ1n) is 10.7. The SMILES string of the molecule is COc1cc(OC)c(F)c(C(=O)c2oc3cnc(Cl)cc3c2N(C(=O)OC(C)(C)C)C2CC2)c1F. The van der Waals surface area contributed by atoms with Crippen molar-refractivity contribution >= 4 is 40.1 Å². The highest BCUT2D eigenvalue weighted by Crippen LogP contribution is 2.43. The Hall–Kier alpha value is -3.40. The molecular weight excluding hydrogens is 486 g/mol. The summed E-state index contributed by atoms with van der Waals surface area (Å²) in [5.41, 5.74) is -1.71. The molecule has 0 radical (unpaired) electrons. The fourth-order valence-corrected chi connectivity index (χ4v) is 3.78. The number of benzene rings is 1. The van der Waals surface area contributed by atoms with E-state index in [-0.39, 0.29) is 27.9 Å². The minimum absolute atomic E-state index is 0.00774. The zero-order valence-electron chi connectivity index (χ0n) is 19.7. The lowest BCUT2D eigenvalue weighted by Gasteiger charge is -2.27. The Labute approximate surface area is 204 Å². The van der Waals surface area contributed by atoms with Gasteiger partial charge in [-0.25, -0.2) is 18.6 Å². The number of carbonyl (C=O) groups excluding carboxylic acids is 2. The Morgan fingerprint density at radius 1 is 1.11 bits per heavy atom. The molecule has 1 saturated carbocycles. The summed E-state index contributed by atoms with van der Waals surface area (Å²) in [6.07, 6.45) is 1.79. The number of rotatable bonds is 6. The molecule has 8 nitrogen and oxygen atoms in total. The second-order valence-corrected chi connectivity index (χ2v) is 9.36. The first-order valence-corrected chi connectivity index (χ1v) is 11.1. The van der Waals surface area contributed by atoms with E-state index in [9.17, 15) is 9.59 Å². The number of hydrogen-bond acceptors (Lipinski definition) is 7. The van der Waals surface area contributed by atoms with Crippen LogP contribution in [-0.4, -0.2) is 42.7 Å². The number of ketones is 1. The first kappa shape index (κ1) is 24.7. The van der Waals surface area contributed by atoms with E-state index in [2.05, 4.69) is 4.98 Å². The van der Waals surface area contributed by atoms with Gasteiger partial charge >= 0.3 is 6.09 Å². The largest absolute Gasteiger partial charge is 0.494 e. The van der Waals surface area contributed by atoms with Gasteiger partial charge in [-0.05, 0) is 39.7 Å². The van der Waals surface area contributed by atoms with Gasteiger partial charge in [0, 0.05) is 17.5 Å². The number of ether oxygens (including phenoxy) is 3. The average Bonchev–Trinajstić information content (AvgIpc) is 3.54. The first-order chi connectivity index (χ1) is 16.5. The van der Waals surface area contributed by atoms with Crippen LogP contribution in [0.4, 0.5) is 19.3 Å². The second-order valence-electron chi connectivity index (χ2n) is 8.98. The third-order valence-electron chi connectivity index (χ3n) is 5.27. The molecule has 0 spiro atoms. The number of fused-ring (bicyclic) bond motifs is 1. The summed E-state index contributed by atoms with van der Waals surface area (Å²) < 4.78 is 51.5. The minimum Gasteiger partial charge on any atom is -0.494 e. The molecule has 2 aromatic heterocycles. The van der Waals surface area contributed by atoms with Gasteiger partial charge in [0.25, 0.3) is 0 Å². The summed E-state index contributed by atoms with van der Waals surface area (Å²) in [5, 5.41) is 0.334. The van der Waals surface area contributed by atoms with Crippen LogP contribution in [0.2, 0.25) is 5.15 Å². The predicted molar refractivity (Wildman–Crippen MR) is 124 cm³/mol. The summed E-state index contributed by atoms with van der Waals surface area (Å²) >= 11 is 6.09. The second kappa shape index (κ2) is 8.99. The molecule has 4 rings (SSSR count). The van der Waals surface area contributed by atoms with Crippen LogP contribution >= 0.6 is 11.6 Å². The van der Waals surface area contributed by atoms with Gasteiger partial charge in [0.05, 0.1) is 20.4 Å². The third-order valence-corrected chi connectivity index (χ3v) is 5.47. The van der Waals surface area contributed by atoms with E-state index in [0.29, 0.717) is 12.8 Å². The number of furan rings is 1. The van der Waals surface area contributed by atoms with Crippen LogP contribution in [-0.2, 0) is 4.74 Å². The number of halogens is 3. The average molecular weight is 509 g/mol. The van der Waals surface area contributed by atoms with Crippen molar-refractivity contribution in [3.63, 3.8) is 0 Å². The Bertz CT molecular complexity index is 1300. The van der Waals surface area contributed by atoms with Gasteiger partial charge in [-0.2, -0.15) is 0 Å². The molecule has 1 aliphatic carbocycles. The minimum atomic E-state index is -1.24. The highest BCUT2D eigenvalue weighted by molar-refractivity contribution is 6.30. The molecule has 1 aromatic carbocycles. The van der Waals surface area contributed by atoms with Crippen molar-refractivity contribution in [2.45, 2.75) is 45.3 Å². The molecule has 0 unspecified atom stereocenters. The topological polar surface area (TPSA) is 91.1 Å². The quantitative estimate of drug-likeness (QED) is 0.302. The number of nitrogens with zero attached hydrogens (tertiary/aromatic N) is 2. The van der Waals surface area contributed by atoms with Crippen LogP contribution < -0.4 is 14.4 Å². The van der Waals surface area contributed by atoms with E-state index in [0.717, 1.165) is 6.07 Å². The van der Waals surface area contributed by atoms with Crippen molar-refractivity contribution in [2.75, 3.05) is 19.1 Å². The molecule has 2 heterocycles. The zero-order valence-corrected chi connectivity index (χ0v) is 20.5. The smallest absolute Gasteiger partial charge is 0.415 e. The molecule has 11 heteroatoms. The maximum absolute atomic E-state index is 15.2. The summed E-state index contributed by atoms with van der Waals surface area (Å²) in [6, 6.07) is 2.09. The van der Waals surface area contributed by atoms with Crippen LogP contribution in [0.5, 0.6) is 11.5 Å². The van der Waals surface area contributed by atoms with Gasteiger partial charge in [0.15, 0.2) is 34.5 Å². The highest BCUT2D eigenvalue weighted by Gasteiger charge is 2.42. The van der Waals surface area contributed by atoms with E-state index in [1.807, 2.05) is 0 Å². The van der Waals surface area contributed by atoms with E-state index >= 15 is 8.78 Å². The molecule has 0 atom stereocenters. The van der Waals surface area contributed by atoms with Crippen molar-refractivity contribution in [2.24, 2.45) is 0 Å². The number of aromatic nitrogens is 1. The summed E-state index contributed by atoms with van der Waals surface area (Å²) in [6.45, 7) is 5.09. The van der Waals surface area contributed by atoms with Gasteiger partial charge in [-0.15, -0.1) is 0 Å². The number of hydrogen-bond donors (Lipinski definition) is 0. The Balaban J connectivity index is 1.97. The Kier molecular flexibility index (Phi) is 6.35. The van der Waals surface area contributed by atoms with Crippen molar-refractivity contribution < 1.29 is 37.0 Å². The summed E-state index contributed by atoms with van der Waals surface area (Å²) in [7, 11) is 2.34. The van der Waals surface area contributed by atoms with Crippen LogP contribution in [0.15, 0.2) is 22.7 Å². The fraction of sp³-hybridized carbons (Fsp3) is 0.375. The normalized spacial score (nSPS) is 13.6. The number of pyridine rings is 1. The summed E-state index contributed by atoms with van der Waals surface area (Å²) in [4.78, 5) is 32.1. The standard InChI is InChI=1S/C24H23ClF2N2O6/c1-24(2,3)35-23(31)29(11-6-7-11)20-12-8-16(25)28-10-15(12)34-22(20)21(30)17-18(26)13(32-4)9-14(33-5)19(17)27/h8-11H,6-7H2,1-5H3. The third kappa shape index (κ3) is 4.62. The molecular formula is C24H23ClF2N2O6. The van der Waals surface area contributed by atoms with Crippen LogP contribution in [0.1, 0.15) is 49.7 Å². The molecule has 0 N–H and O–H groups in total.